The summed E-state index contributed by atoms with van der Waals surface area (Å²) in [5.41, 5.74) is 5.36. The van der Waals surface area contributed by atoms with Crippen LogP contribution in [-0.2, 0) is 18.4 Å². The molecule has 0 aliphatic heterocycles. The monoisotopic (exact) mass is 701 g/mol. The topological polar surface area (TPSA) is 131 Å². The minimum Gasteiger partial charge on any atom is -0.387 e. The molecule has 0 aromatic heterocycles. The molecule has 5 N–H and O–H groups in total. The highest BCUT2D eigenvalue weighted by atomic mass is 31.2. The number of rotatable bonds is 37. The van der Waals surface area contributed by atoms with Gasteiger partial charge in [-0.1, -0.05) is 160 Å². The lowest BCUT2D eigenvalue weighted by atomic mass is 10.0. The summed E-state index contributed by atoms with van der Waals surface area (Å²) in [4.78, 5) is 22.6. The smallest absolute Gasteiger partial charge is 0.387 e. The van der Waals surface area contributed by atoms with Crippen molar-refractivity contribution in [3.05, 3.63) is 24.3 Å². The number of aliphatic hydroxyl groups is 1. The number of amides is 1. The van der Waals surface area contributed by atoms with Gasteiger partial charge in [-0.2, -0.15) is 0 Å². The second-order valence-corrected chi connectivity index (χ2v) is 14.9. The first-order chi connectivity index (χ1) is 23.4. The minimum absolute atomic E-state index is 0.0779. The normalized spacial score (nSPS) is 14.5. The maximum absolute atomic E-state index is 12.7. The SMILES string of the molecule is CCCCC/C=C\CCCCCCCC(=O)NC(COP(=O)(O)OCCN)C(O)/C=C/CCCCCCCCCCCCCCCCC. The molecule has 0 radical (unpaired) electrons. The number of hydrogen-bond donors (Lipinski definition) is 4. The van der Waals surface area contributed by atoms with Crippen molar-refractivity contribution in [1.29, 1.82) is 0 Å². The van der Waals surface area contributed by atoms with E-state index < -0.39 is 20.0 Å². The number of carbonyl (C=O) groups is 1. The fraction of sp³-hybridized carbons (Fsp3) is 0.872. The third-order valence-corrected chi connectivity index (χ3v) is 9.76. The lowest BCUT2D eigenvalue weighted by Gasteiger charge is -2.23. The number of unbranched alkanes of at least 4 members (excludes halogenated alkanes) is 23. The second-order valence-electron chi connectivity index (χ2n) is 13.5. The molecule has 48 heavy (non-hydrogen) atoms. The largest absolute Gasteiger partial charge is 0.472 e. The Morgan fingerprint density at radius 3 is 1.58 bits per heavy atom. The fourth-order valence-corrected chi connectivity index (χ4v) is 6.47. The Morgan fingerprint density at radius 1 is 0.667 bits per heavy atom. The Hall–Kier alpha value is -1.02. The van der Waals surface area contributed by atoms with E-state index in [1.165, 1.54) is 116 Å². The summed E-state index contributed by atoms with van der Waals surface area (Å²) in [5, 5.41) is 13.6. The minimum atomic E-state index is -4.33. The van der Waals surface area contributed by atoms with Gasteiger partial charge in [0.1, 0.15) is 0 Å². The molecule has 0 aliphatic carbocycles. The Labute approximate surface area is 296 Å². The van der Waals surface area contributed by atoms with E-state index in [0.717, 1.165) is 51.4 Å². The van der Waals surface area contributed by atoms with Crippen molar-refractivity contribution in [3.8, 4) is 0 Å². The molecule has 0 aliphatic rings. The fourth-order valence-electron chi connectivity index (χ4n) is 5.71. The van der Waals surface area contributed by atoms with E-state index >= 15 is 0 Å². The van der Waals surface area contributed by atoms with Gasteiger partial charge in [0.05, 0.1) is 25.4 Å². The van der Waals surface area contributed by atoms with Crippen LogP contribution in [0.3, 0.4) is 0 Å². The van der Waals surface area contributed by atoms with Crippen molar-refractivity contribution < 1.29 is 28.4 Å². The standard InChI is InChI=1S/C39H77N2O6P/c1-3-5-7-9-11-13-15-17-18-19-20-21-22-24-26-28-30-32-38(42)37(36-47-48(44,45)46-35-34-40)41-39(43)33-31-29-27-25-23-16-14-12-10-8-6-4-2/h12,14,30,32,37-38,42H,3-11,13,15-29,31,33-36,40H2,1-2H3,(H,41,43)(H,44,45)/b14-12-,32-30+. The number of nitrogens with two attached hydrogens (primary N) is 1. The van der Waals surface area contributed by atoms with Gasteiger partial charge in [-0.05, 0) is 44.9 Å². The van der Waals surface area contributed by atoms with Gasteiger partial charge in [0.2, 0.25) is 5.91 Å². The van der Waals surface area contributed by atoms with Crippen LogP contribution in [0.15, 0.2) is 24.3 Å². The Bertz CT molecular complexity index is 809. The molecule has 0 fully saturated rings. The van der Waals surface area contributed by atoms with E-state index in [4.69, 9.17) is 14.8 Å². The zero-order chi connectivity index (χ0) is 35.4. The predicted octanol–water partition coefficient (Wildman–Crippen LogP) is 10.6. The summed E-state index contributed by atoms with van der Waals surface area (Å²) < 4.78 is 22.0. The Morgan fingerprint density at radius 2 is 1.08 bits per heavy atom. The van der Waals surface area contributed by atoms with Crippen LogP contribution in [0.1, 0.15) is 187 Å². The van der Waals surface area contributed by atoms with E-state index in [1.54, 1.807) is 6.08 Å². The van der Waals surface area contributed by atoms with Crippen LogP contribution in [0.25, 0.3) is 0 Å². The van der Waals surface area contributed by atoms with Gasteiger partial charge in [0, 0.05) is 13.0 Å². The molecular weight excluding hydrogens is 623 g/mol. The lowest BCUT2D eigenvalue weighted by molar-refractivity contribution is -0.123. The zero-order valence-corrected chi connectivity index (χ0v) is 32.1. The van der Waals surface area contributed by atoms with E-state index in [1.807, 2.05) is 6.08 Å². The van der Waals surface area contributed by atoms with Gasteiger partial charge in [0.15, 0.2) is 0 Å². The third-order valence-electron chi connectivity index (χ3n) is 8.77. The van der Waals surface area contributed by atoms with Crippen molar-refractivity contribution in [2.45, 2.75) is 199 Å². The Balaban J connectivity index is 4.27. The van der Waals surface area contributed by atoms with Crippen LogP contribution in [0.4, 0.5) is 0 Å². The van der Waals surface area contributed by atoms with E-state index in [9.17, 15) is 19.4 Å². The van der Waals surface area contributed by atoms with Crippen LogP contribution in [0.2, 0.25) is 0 Å². The van der Waals surface area contributed by atoms with E-state index in [0.29, 0.717) is 6.42 Å². The summed E-state index contributed by atoms with van der Waals surface area (Å²) in [6, 6.07) is -0.860. The first-order valence-corrected chi connectivity index (χ1v) is 21.5. The number of phosphoric acid groups is 1. The molecule has 0 rings (SSSR count). The molecule has 3 atom stereocenters. The maximum atomic E-state index is 12.7. The summed E-state index contributed by atoms with van der Waals surface area (Å²) in [5.74, 6) is -0.205. The van der Waals surface area contributed by atoms with Gasteiger partial charge in [-0.3, -0.25) is 13.8 Å². The van der Waals surface area contributed by atoms with E-state index in [-0.39, 0.29) is 25.7 Å². The molecule has 284 valence electrons. The van der Waals surface area contributed by atoms with Gasteiger partial charge in [-0.15, -0.1) is 0 Å². The maximum Gasteiger partial charge on any atom is 0.472 e. The van der Waals surface area contributed by atoms with Crippen molar-refractivity contribution in [2.24, 2.45) is 5.73 Å². The second kappa shape index (κ2) is 35.8. The van der Waals surface area contributed by atoms with Gasteiger partial charge in [-0.25, -0.2) is 4.57 Å². The summed E-state index contributed by atoms with van der Waals surface area (Å²) in [6.45, 7) is 4.10. The summed E-state index contributed by atoms with van der Waals surface area (Å²) in [7, 11) is -4.33. The van der Waals surface area contributed by atoms with Crippen molar-refractivity contribution >= 4 is 13.7 Å². The highest BCUT2D eigenvalue weighted by Crippen LogP contribution is 2.43. The van der Waals surface area contributed by atoms with Crippen LogP contribution < -0.4 is 11.1 Å². The molecule has 9 heteroatoms. The average Bonchev–Trinajstić information content (AvgIpc) is 3.07. The number of aliphatic hydroxyl groups excluding tert-OH is 1. The molecule has 0 aromatic carbocycles. The molecule has 3 unspecified atom stereocenters. The first-order valence-electron chi connectivity index (χ1n) is 20.0. The van der Waals surface area contributed by atoms with Gasteiger partial charge >= 0.3 is 7.82 Å². The molecule has 8 nitrogen and oxygen atoms in total. The molecule has 0 heterocycles. The molecule has 0 bridgehead atoms. The highest BCUT2D eigenvalue weighted by molar-refractivity contribution is 7.47. The number of phosphoric ester groups is 1. The highest BCUT2D eigenvalue weighted by Gasteiger charge is 2.26. The average molecular weight is 701 g/mol. The first kappa shape index (κ1) is 47.0. The van der Waals surface area contributed by atoms with Crippen LogP contribution in [-0.4, -0.2) is 47.8 Å². The van der Waals surface area contributed by atoms with E-state index in [2.05, 4.69) is 31.3 Å². The third kappa shape index (κ3) is 33.5. The predicted molar refractivity (Wildman–Crippen MR) is 203 cm³/mol. The summed E-state index contributed by atoms with van der Waals surface area (Å²) in [6.07, 6.45) is 39.3. The molecule has 0 saturated carbocycles. The number of carbonyl (C=O) groups excluding carboxylic acids is 1. The molecule has 1 amide bonds. The quantitative estimate of drug-likeness (QED) is 0.0288. The number of nitrogens with one attached hydrogen (secondary N) is 1. The summed E-state index contributed by atoms with van der Waals surface area (Å²) >= 11 is 0. The van der Waals surface area contributed by atoms with Crippen molar-refractivity contribution in [3.63, 3.8) is 0 Å². The molecular formula is C39H77N2O6P. The van der Waals surface area contributed by atoms with Crippen LogP contribution in [0, 0.1) is 0 Å². The van der Waals surface area contributed by atoms with Crippen molar-refractivity contribution in [2.75, 3.05) is 19.8 Å². The lowest BCUT2D eigenvalue weighted by Crippen LogP contribution is -2.45. The number of allylic oxidation sites excluding steroid dienone is 3. The molecule has 0 saturated heterocycles. The van der Waals surface area contributed by atoms with Crippen LogP contribution >= 0.6 is 7.82 Å². The van der Waals surface area contributed by atoms with Crippen LogP contribution in [0.5, 0.6) is 0 Å². The zero-order valence-electron chi connectivity index (χ0n) is 31.2. The van der Waals surface area contributed by atoms with Gasteiger partial charge in [0.25, 0.3) is 0 Å². The van der Waals surface area contributed by atoms with Gasteiger partial charge < -0.3 is 21.1 Å². The molecule has 0 aromatic rings. The van der Waals surface area contributed by atoms with Crippen molar-refractivity contribution in [1.82, 2.24) is 5.32 Å². The molecule has 0 spiro atoms. The number of hydrogen-bond acceptors (Lipinski definition) is 6. The Kier molecular flexibility index (Phi) is 35.0.